The lowest BCUT2D eigenvalue weighted by molar-refractivity contribution is 0.0945. The van der Waals surface area contributed by atoms with Crippen LogP contribution in [-0.2, 0) is 13.1 Å². The van der Waals surface area contributed by atoms with Crippen molar-refractivity contribution in [2.45, 2.75) is 20.0 Å². The monoisotopic (exact) mass is 389 g/mol. The first kappa shape index (κ1) is 20.1. The average Bonchev–Trinajstić information content (AvgIpc) is 2.77. The number of carbonyl (C=O) groups is 2. The van der Waals surface area contributed by atoms with Crippen LogP contribution in [-0.4, -0.2) is 23.9 Å². The van der Waals surface area contributed by atoms with Gasteiger partial charge in [0.15, 0.2) is 0 Å². The first-order valence-corrected chi connectivity index (χ1v) is 9.26. The first-order valence-electron chi connectivity index (χ1n) is 9.26. The molecule has 29 heavy (non-hydrogen) atoms. The molecular formula is C23H23N3O3. The van der Waals surface area contributed by atoms with E-state index in [9.17, 15) is 9.59 Å². The van der Waals surface area contributed by atoms with Gasteiger partial charge in [-0.2, -0.15) is 0 Å². The zero-order valence-corrected chi connectivity index (χ0v) is 16.4. The Hall–Kier alpha value is -3.67. The van der Waals surface area contributed by atoms with Gasteiger partial charge in [-0.05, 0) is 30.7 Å². The van der Waals surface area contributed by atoms with Crippen LogP contribution in [0.1, 0.15) is 37.5 Å². The minimum atomic E-state index is -0.357. The van der Waals surface area contributed by atoms with Gasteiger partial charge in [0.25, 0.3) is 11.8 Å². The summed E-state index contributed by atoms with van der Waals surface area (Å²) in [7, 11) is 1.58. The van der Waals surface area contributed by atoms with Crippen LogP contribution in [0.25, 0.3) is 0 Å². The Morgan fingerprint density at radius 3 is 2.41 bits per heavy atom. The molecule has 0 saturated carbocycles. The number of rotatable bonds is 7. The highest BCUT2D eigenvalue weighted by atomic mass is 16.5. The Morgan fingerprint density at radius 1 is 0.931 bits per heavy atom. The summed E-state index contributed by atoms with van der Waals surface area (Å²) in [5.41, 5.74) is 3.60. The minimum absolute atomic E-state index is 0.183. The lowest BCUT2D eigenvalue weighted by Crippen LogP contribution is -2.26. The number of ether oxygens (including phenoxy) is 1. The highest BCUT2D eigenvalue weighted by Crippen LogP contribution is 2.16. The van der Waals surface area contributed by atoms with E-state index in [1.165, 1.54) is 12.3 Å². The third-order valence-electron chi connectivity index (χ3n) is 4.46. The van der Waals surface area contributed by atoms with Gasteiger partial charge in [-0.25, -0.2) is 0 Å². The molecule has 2 amide bonds. The second-order valence-electron chi connectivity index (χ2n) is 6.59. The number of methoxy groups -OCH3 is 1. The van der Waals surface area contributed by atoms with Crippen molar-refractivity contribution in [3.8, 4) is 5.75 Å². The summed E-state index contributed by atoms with van der Waals surface area (Å²) in [5, 5.41) is 5.66. The van der Waals surface area contributed by atoms with Gasteiger partial charge in [-0.15, -0.1) is 0 Å². The smallest absolute Gasteiger partial charge is 0.270 e. The largest absolute Gasteiger partial charge is 0.496 e. The molecule has 0 atom stereocenters. The van der Waals surface area contributed by atoms with Gasteiger partial charge < -0.3 is 15.4 Å². The topological polar surface area (TPSA) is 80.3 Å². The molecule has 3 aromatic rings. The molecule has 1 heterocycles. The zero-order valence-electron chi connectivity index (χ0n) is 16.4. The van der Waals surface area contributed by atoms with Gasteiger partial charge in [0.2, 0.25) is 0 Å². The molecule has 6 nitrogen and oxygen atoms in total. The normalized spacial score (nSPS) is 10.3. The molecule has 2 aromatic carbocycles. The molecule has 0 saturated heterocycles. The quantitative estimate of drug-likeness (QED) is 0.650. The van der Waals surface area contributed by atoms with E-state index in [-0.39, 0.29) is 17.5 Å². The van der Waals surface area contributed by atoms with Gasteiger partial charge in [0, 0.05) is 30.4 Å². The summed E-state index contributed by atoms with van der Waals surface area (Å²) in [6.07, 6.45) is 1.46. The van der Waals surface area contributed by atoms with E-state index in [1.54, 1.807) is 13.2 Å². The molecule has 3 rings (SSSR count). The van der Waals surface area contributed by atoms with Crippen molar-refractivity contribution in [1.29, 1.82) is 0 Å². The maximum absolute atomic E-state index is 12.5. The summed E-state index contributed by atoms with van der Waals surface area (Å²) in [6, 6.07) is 18.5. The molecule has 2 N–H and O–H groups in total. The molecule has 1 aromatic heterocycles. The third-order valence-corrected chi connectivity index (χ3v) is 4.46. The van der Waals surface area contributed by atoms with Gasteiger partial charge >= 0.3 is 0 Å². The fourth-order valence-electron chi connectivity index (χ4n) is 2.80. The molecule has 6 heteroatoms. The molecule has 0 radical (unpaired) electrons. The molecule has 0 unspecified atom stereocenters. The fraction of sp³-hybridized carbons (Fsp3) is 0.174. The molecule has 0 bridgehead atoms. The number of pyridine rings is 1. The molecule has 0 fully saturated rings. The van der Waals surface area contributed by atoms with Gasteiger partial charge in [-0.1, -0.05) is 48.0 Å². The van der Waals surface area contributed by atoms with Crippen LogP contribution in [0.5, 0.6) is 5.75 Å². The van der Waals surface area contributed by atoms with Gasteiger partial charge in [-0.3, -0.25) is 14.6 Å². The minimum Gasteiger partial charge on any atom is -0.496 e. The number of hydrogen-bond donors (Lipinski definition) is 2. The maximum Gasteiger partial charge on any atom is 0.270 e. The number of aromatic nitrogens is 1. The number of aryl methyl sites for hydroxylation is 1. The summed E-state index contributed by atoms with van der Waals surface area (Å²) >= 11 is 0. The van der Waals surface area contributed by atoms with Crippen LogP contribution in [0.2, 0.25) is 0 Å². The molecule has 0 aliphatic heterocycles. The highest BCUT2D eigenvalue weighted by molar-refractivity contribution is 5.98. The van der Waals surface area contributed by atoms with Crippen molar-refractivity contribution < 1.29 is 14.3 Å². The molecule has 0 aliphatic rings. The van der Waals surface area contributed by atoms with Crippen LogP contribution in [0, 0.1) is 6.92 Å². The first-order chi connectivity index (χ1) is 14.1. The van der Waals surface area contributed by atoms with E-state index in [2.05, 4.69) is 15.6 Å². The Balaban J connectivity index is 1.61. The van der Waals surface area contributed by atoms with Crippen molar-refractivity contribution in [2.75, 3.05) is 7.11 Å². The fourth-order valence-corrected chi connectivity index (χ4v) is 2.80. The second kappa shape index (κ2) is 9.50. The highest BCUT2D eigenvalue weighted by Gasteiger charge is 2.12. The van der Waals surface area contributed by atoms with Crippen molar-refractivity contribution in [2.24, 2.45) is 0 Å². The Kier molecular flexibility index (Phi) is 6.58. The van der Waals surface area contributed by atoms with Crippen LogP contribution in [0.3, 0.4) is 0 Å². The van der Waals surface area contributed by atoms with E-state index >= 15 is 0 Å². The second-order valence-corrected chi connectivity index (χ2v) is 6.59. The summed E-state index contributed by atoms with van der Waals surface area (Å²) in [4.78, 5) is 29.0. The lowest BCUT2D eigenvalue weighted by atomic mass is 10.1. The van der Waals surface area contributed by atoms with Crippen LogP contribution >= 0.6 is 0 Å². The molecule has 0 spiro atoms. The number of benzene rings is 2. The number of hydrogen-bond acceptors (Lipinski definition) is 4. The van der Waals surface area contributed by atoms with Crippen LogP contribution < -0.4 is 15.4 Å². The van der Waals surface area contributed by atoms with Crippen molar-refractivity contribution in [3.05, 3.63) is 94.8 Å². The number of amides is 2. The molecule has 0 aliphatic carbocycles. The van der Waals surface area contributed by atoms with E-state index in [1.807, 2.05) is 55.5 Å². The van der Waals surface area contributed by atoms with Crippen molar-refractivity contribution in [1.82, 2.24) is 15.6 Å². The van der Waals surface area contributed by atoms with Crippen LogP contribution in [0.4, 0.5) is 0 Å². The van der Waals surface area contributed by atoms with E-state index in [4.69, 9.17) is 4.74 Å². The lowest BCUT2D eigenvalue weighted by Gasteiger charge is -2.10. The average molecular weight is 389 g/mol. The van der Waals surface area contributed by atoms with Crippen molar-refractivity contribution in [3.63, 3.8) is 0 Å². The Labute approximate surface area is 169 Å². The maximum atomic E-state index is 12.5. The zero-order chi connectivity index (χ0) is 20.6. The van der Waals surface area contributed by atoms with Gasteiger partial charge in [0.05, 0.1) is 7.11 Å². The van der Waals surface area contributed by atoms with Crippen molar-refractivity contribution >= 4 is 11.8 Å². The number of para-hydroxylation sites is 1. The van der Waals surface area contributed by atoms with E-state index < -0.39 is 0 Å². The van der Waals surface area contributed by atoms with Gasteiger partial charge in [0.1, 0.15) is 11.4 Å². The van der Waals surface area contributed by atoms with E-state index in [0.29, 0.717) is 24.4 Å². The van der Waals surface area contributed by atoms with E-state index in [0.717, 1.165) is 16.7 Å². The Morgan fingerprint density at radius 2 is 1.66 bits per heavy atom. The summed E-state index contributed by atoms with van der Waals surface area (Å²) in [6.45, 7) is 2.73. The predicted molar refractivity (Wildman–Crippen MR) is 111 cm³/mol. The summed E-state index contributed by atoms with van der Waals surface area (Å²) < 4.78 is 5.28. The summed E-state index contributed by atoms with van der Waals surface area (Å²) in [5.74, 6) is 0.0841. The Bertz CT molecular complexity index is 1000. The number of nitrogens with one attached hydrogen (secondary N) is 2. The standard InChI is InChI=1S/C23H23N3O3/c1-16-7-9-17(10-8-16)14-25-22(27)18-11-12-24-20(13-18)23(28)26-15-19-5-3-4-6-21(19)29-2/h3-13H,14-15H2,1-2H3,(H,25,27)(H,26,28). The third kappa shape index (κ3) is 5.42. The number of nitrogens with zero attached hydrogens (tertiary/aromatic N) is 1. The molecular weight excluding hydrogens is 366 g/mol. The van der Waals surface area contributed by atoms with Crippen LogP contribution in [0.15, 0.2) is 66.9 Å². The molecule has 148 valence electrons. The number of carbonyl (C=O) groups excluding carboxylic acids is 2. The predicted octanol–water partition coefficient (Wildman–Crippen LogP) is 3.26. The SMILES string of the molecule is COc1ccccc1CNC(=O)c1cc(C(=O)NCc2ccc(C)cc2)ccn1.